The molecule has 0 aliphatic rings. The van der Waals surface area contributed by atoms with Gasteiger partial charge in [-0.25, -0.2) is 0 Å². The normalized spacial score (nSPS) is 10.4. The van der Waals surface area contributed by atoms with Gasteiger partial charge in [0.25, 0.3) is 5.91 Å². The molecule has 0 aliphatic heterocycles. The molecule has 0 unspecified atom stereocenters. The third kappa shape index (κ3) is 4.17. The van der Waals surface area contributed by atoms with E-state index < -0.39 is 0 Å². The predicted octanol–water partition coefficient (Wildman–Crippen LogP) is 3.25. The molecule has 1 amide bonds. The standard InChI is InChI=1S/C15H17NO2S/c1-12-7-9-18-14(12)15(17)16-8-10-19-11-13-5-3-2-4-6-13/h2-7,9H,8,10-11H2,1H3,(H,16,17). The minimum absolute atomic E-state index is 0.136. The summed E-state index contributed by atoms with van der Waals surface area (Å²) in [4.78, 5) is 11.7. The third-order valence-corrected chi connectivity index (χ3v) is 3.74. The molecule has 2 rings (SSSR count). The Kier molecular flexibility index (Phi) is 5.10. The lowest BCUT2D eigenvalue weighted by atomic mass is 10.2. The molecule has 0 aliphatic carbocycles. The molecule has 1 N–H and O–H groups in total. The van der Waals surface area contributed by atoms with Crippen molar-refractivity contribution in [2.45, 2.75) is 12.7 Å². The summed E-state index contributed by atoms with van der Waals surface area (Å²) in [6.07, 6.45) is 1.54. The third-order valence-electron chi connectivity index (χ3n) is 2.71. The molecule has 0 spiro atoms. The highest BCUT2D eigenvalue weighted by Crippen LogP contribution is 2.11. The van der Waals surface area contributed by atoms with E-state index in [9.17, 15) is 4.79 Å². The number of furan rings is 1. The van der Waals surface area contributed by atoms with E-state index in [2.05, 4.69) is 17.4 Å². The highest BCUT2D eigenvalue weighted by Gasteiger charge is 2.11. The van der Waals surface area contributed by atoms with Gasteiger partial charge in [-0.15, -0.1) is 0 Å². The van der Waals surface area contributed by atoms with Crippen LogP contribution in [0, 0.1) is 6.92 Å². The van der Waals surface area contributed by atoms with Crippen LogP contribution in [0.15, 0.2) is 47.1 Å². The van der Waals surface area contributed by atoms with Gasteiger partial charge < -0.3 is 9.73 Å². The van der Waals surface area contributed by atoms with Crippen LogP contribution >= 0.6 is 11.8 Å². The molecule has 1 heterocycles. The van der Waals surface area contributed by atoms with Crippen LogP contribution in [0.5, 0.6) is 0 Å². The quantitative estimate of drug-likeness (QED) is 0.823. The summed E-state index contributed by atoms with van der Waals surface area (Å²) in [6.45, 7) is 2.51. The zero-order valence-corrected chi connectivity index (χ0v) is 11.7. The number of hydrogen-bond acceptors (Lipinski definition) is 3. The molecule has 100 valence electrons. The van der Waals surface area contributed by atoms with Gasteiger partial charge in [0.2, 0.25) is 0 Å². The summed E-state index contributed by atoms with van der Waals surface area (Å²) in [5.41, 5.74) is 2.18. The Morgan fingerprint density at radius 1 is 1.26 bits per heavy atom. The van der Waals surface area contributed by atoms with Gasteiger partial charge in [-0.05, 0) is 18.6 Å². The van der Waals surface area contributed by atoms with Gasteiger partial charge in [0.15, 0.2) is 5.76 Å². The number of carbonyl (C=O) groups is 1. The lowest BCUT2D eigenvalue weighted by Crippen LogP contribution is -2.25. The molecule has 1 aromatic carbocycles. The van der Waals surface area contributed by atoms with Crippen molar-refractivity contribution < 1.29 is 9.21 Å². The largest absolute Gasteiger partial charge is 0.459 e. The van der Waals surface area contributed by atoms with Gasteiger partial charge in [0.05, 0.1) is 6.26 Å². The minimum atomic E-state index is -0.136. The van der Waals surface area contributed by atoms with Crippen LogP contribution < -0.4 is 5.32 Å². The van der Waals surface area contributed by atoms with Crippen LogP contribution in [0.4, 0.5) is 0 Å². The topological polar surface area (TPSA) is 42.2 Å². The molecule has 1 aromatic heterocycles. The fourth-order valence-corrected chi connectivity index (χ4v) is 2.51. The molecule has 0 fully saturated rings. The Hall–Kier alpha value is -1.68. The molecule has 0 radical (unpaired) electrons. The zero-order chi connectivity index (χ0) is 13.5. The monoisotopic (exact) mass is 275 g/mol. The second-order valence-corrected chi connectivity index (χ2v) is 5.33. The van der Waals surface area contributed by atoms with Crippen molar-refractivity contribution in [3.05, 3.63) is 59.5 Å². The Bertz CT molecular complexity index is 522. The molecule has 0 bridgehead atoms. The number of carbonyl (C=O) groups excluding carboxylic acids is 1. The van der Waals surface area contributed by atoms with E-state index in [-0.39, 0.29) is 5.91 Å². The van der Waals surface area contributed by atoms with Gasteiger partial charge in [0, 0.05) is 23.6 Å². The maximum Gasteiger partial charge on any atom is 0.287 e. The van der Waals surface area contributed by atoms with Gasteiger partial charge in [-0.2, -0.15) is 11.8 Å². The van der Waals surface area contributed by atoms with E-state index >= 15 is 0 Å². The van der Waals surface area contributed by atoms with Crippen molar-refractivity contribution in [1.29, 1.82) is 0 Å². The number of nitrogens with one attached hydrogen (secondary N) is 1. The average Bonchev–Trinajstić information content (AvgIpc) is 2.86. The lowest BCUT2D eigenvalue weighted by molar-refractivity contribution is 0.0927. The smallest absolute Gasteiger partial charge is 0.287 e. The maximum absolute atomic E-state index is 11.7. The van der Waals surface area contributed by atoms with Crippen LogP contribution in [-0.2, 0) is 5.75 Å². The van der Waals surface area contributed by atoms with Gasteiger partial charge >= 0.3 is 0 Å². The van der Waals surface area contributed by atoms with E-state index in [1.54, 1.807) is 17.8 Å². The molecule has 0 saturated carbocycles. The van der Waals surface area contributed by atoms with Crippen LogP contribution in [0.2, 0.25) is 0 Å². The van der Waals surface area contributed by atoms with Gasteiger partial charge in [0.1, 0.15) is 0 Å². The fourth-order valence-electron chi connectivity index (χ4n) is 1.69. The highest BCUT2D eigenvalue weighted by molar-refractivity contribution is 7.98. The van der Waals surface area contributed by atoms with Crippen LogP contribution in [-0.4, -0.2) is 18.2 Å². The van der Waals surface area contributed by atoms with Crippen LogP contribution in [0.1, 0.15) is 21.7 Å². The molecule has 4 heteroatoms. The van der Waals surface area contributed by atoms with Crippen molar-refractivity contribution in [2.75, 3.05) is 12.3 Å². The number of aryl methyl sites for hydroxylation is 1. The first kappa shape index (κ1) is 13.7. The van der Waals surface area contributed by atoms with E-state index in [1.165, 1.54) is 11.8 Å². The fraction of sp³-hybridized carbons (Fsp3) is 0.267. The first-order valence-corrected chi connectivity index (χ1v) is 7.37. The molecule has 3 nitrogen and oxygen atoms in total. The molecule has 0 saturated heterocycles. The van der Waals surface area contributed by atoms with E-state index in [0.717, 1.165) is 17.1 Å². The summed E-state index contributed by atoms with van der Waals surface area (Å²) >= 11 is 1.80. The summed E-state index contributed by atoms with van der Waals surface area (Å²) in [5, 5.41) is 2.86. The van der Waals surface area contributed by atoms with Crippen molar-refractivity contribution >= 4 is 17.7 Å². The molecular formula is C15H17NO2S. The first-order chi connectivity index (χ1) is 9.27. The minimum Gasteiger partial charge on any atom is -0.459 e. The SMILES string of the molecule is Cc1ccoc1C(=O)NCCSCc1ccccc1. The molecule has 2 aromatic rings. The van der Waals surface area contributed by atoms with Crippen LogP contribution in [0.3, 0.4) is 0 Å². The van der Waals surface area contributed by atoms with E-state index in [0.29, 0.717) is 12.3 Å². The Balaban J connectivity index is 1.65. The molecular weight excluding hydrogens is 258 g/mol. The first-order valence-electron chi connectivity index (χ1n) is 6.21. The molecule has 19 heavy (non-hydrogen) atoms. The summed E-state index contributed by atoms with van der Waals surface area (Å²) in [6, 6.07) is 12.1. The lowest BCUT2D eigenvalue weighted by Gasteiger charge is -2.04. The van der Waals surface area contributed by atoms with Crippen molar-refractivity contribution in [3.63, 3.8) is 0 Å². The number of hydrogen-bond donors (Lipinski definition) is 1. The van der Waals surface area contributed by atoms with E-state index in [1.807, 2.05) is 25.1 Å². The van der Waals surface area contributed by atoms with Crippen LogP contribution in [0.25, 0.3) is 0 Å². The zero-order valence-electron chi connectivity index (χ0n) is 10.9. The highest BCUT2D eigenvalue weighted by atomic mass is 32.2. The van der Waals surface area contributed by atoms with Crippen molar-refractivity contribution in [2.24, 2.45) is 0 Å². The van der Waals surface area contributed by atoms with Gasteiger partial charge in [-0.1, -0.05) is 30.3 Å². The summed E-state index contributed by atoms with van der Waals surface area (Å²) in [5.74, 6) is 2.13. The Morgan fingerprint density at radius 3 is 2.74 bits per heavy atom. The van der Waals surface area contributed by atoms with Crippen molar-refractivity contribution in [3.8, 4) is 0 Å². The average molecular weight is 275 g/mol. The summed E-state index contributed by atoms with van der Waals surface area (Å²) in [7, 11) is 0. The Labute approximate surface area is 117 Å². The second kappa shape index (κ2) is 7.04. The van der Waals surface area contributed by atoms with E-state index in [4.69, 9.17) is 4.42 Å². The number of thioether (sulfide) groups is 1. The summed E-state index contributed by atoms with van der Waals surface area (Å²) < 4.78 is 5.13. The number of benzene rings is 1. The van der Waals surface area contributed by atoms with Gasteiger partial charge in [-0.3, -0.25) is 4.79 Å². The van der Waals surface area contributed by atoms with Crippen molar-refractivity contribution in [1.82, 2.24) is 5.32 Å². The number of rotatable bonds is 6. The predicted molar refractivity (Wildman–Crippen MR) is 78.4 cm³/mol. The second-order valence-electron chi connectivity index (χ2n) is 4.23. The maximum atomic E-state index is 11.7. The Morgan fingerprint density at radius 2 is 2.05 bits per heavy atom. The molecule has 0 atom stereocenters. The number of amides is 1.